The summed E-state index contributed by atoms with van der Waals surface area (Å²) in [7, 11) is 0. The van der Waals surface area contributed by atoms with Gasteiger partial charge in [-0.25, -0.2) is 4.79 Å². The number of nitrogens with one attached hydrogen (secondary N) is 1. The standard InChI is InChI=1S/C16H20N2O3/c1-15(2,3)21-14(20)18-9-8-16(10-18)11-6-4-5-7-12(11)17-13(16)19/h4-7H,8-10H2,1-3H3,(H,17,19)/t16-/m0/s1. The van der Waals surface area contributed by atoms with Crippen LogP contribution in [-0.4, -0.2) is 35.6 Å². The molecule has 0 unspecified atom stereocenters. The Bertz CT molecular complexity index is 606. The molecule has 0 saturated carbocycles. The Morgan fingerprint density at radius 3 is 2.76 bits per heavy atom. The molecule has 21 heavy (non-hydrogen) atoms. The zero-order valence-electron chi connectivity index (χ0n) is 12.6. The Labute approximate surface area is 124 Å². The molecule has 1 N–H and O–H groups in total. The Morgan fingerprint density at radius 2 is 2.05 bits per heavy atom. The smallest absolute Gasteiger partial charge is 0.410 e. The Kier molecular flexibility index (Phi) is 2.97. The maximum atomic E-state index is 12.4. The van der Waals surface area contributed by atoms with Gasteiger partial charge in [-0.2, -0.15) is 0 Å². The van der Waals surface area contributed by atoms with Gasteiger partial charge in [-0.1, -0.05) is 18.2 Å². The number of ether oxygens (including phenoxy) is 1. The summed E-state index contributed by atoms with van der Waals surface area (Å²) in [6, 6.07) is 7.69. The second-order valence-corrected chi connectivity index (χ2v) is 6.73. The molecule has 1 atom stereocenters. The summed E-state index contributed by atoms with van der Waals surface area (Å²) in [5.41, 5.74) is 0.700. The van der Waals surface area contributed by atoms with E-state index in [1.807, 2.05) is 45.0 Å². The molecule has 1 aromatic carbocycles. The minimum atomic E-state index is -0.618. The number of nitrogens with zero attached hydrogens (tertiary/aromatic N) is 1. The number of para-hydroxylation sites is 1. The van der Waals surface area contributed by atoms with Gasteiger partial charge in [0.25, 0.3) is 0 Å². The van der Waals surface area contributed by atoms with Gasteiger partial charge >= 0.3 is 6.09 Å². The molecular formula is C16H20N2O3. The van der Waals surface area contributed by atoms with E-state index in [4.69, 9.17) is 4.74 Å². The molecule has 0 aromatic heterocycles. The number of benzene rings is 1. The fraction of sp³-hybridized carbons (Fsp3) is 0.500. The number of amides is 2. The summed E-state index contributed by atoms with van der Waals surface area (Å²) in [4.78, 5) is 26.2. The Morgan fingerprint density at radius 1 is 1.33 bits per heavy atom. The van der Waals surface area contributed by atoms with Crippen LogP contribution in [0.2, 0.25) is 0 Å². The van der Waals surface area contributed by atoms with Crippen molar-refractivity contribution in [1.82, 2.24) is 4.90 Å². The van der Waals surface area contributed by atoms with Crippen molar-refractivity contribution in [2.24, 2.45) is 0 Å². The van der Waals surface area contributed by atoms with Crippen molar-refractivity contribution in [3.63, 3.8) is 0 Å². The van der Waals surface area contributed by atoms with Gasteiger partial charge in [0, 0.05) is 18.8 Å². The van der Waals surface area contributed by atoms with Gasteiger partial charge in [-0.15, -0.1) is 0 Å². The number of carbonyl (C=O) groups excluding carboxylic acids is 2. The fourth-order valence-corrected chi connectivity index (χ4v) is 3.07. The third-order valence-corrected chi connectivity index (χ3v) is 4.05. The minimum absolute atomic E-state index is 0.0187. The normalized spacial score (nSPS) is 24.1. The fourth-order valence-electron chi connectivity index (χ4n) is 3.07. The van der Waals surface area contributed by atoms with E-state index in [1.54, 1.807) is 4.90 Å². The molecule has 1 fully saturated rings. The van der Waals surface area contributed by atoms with E-state index in [0.717, 1.165) is 11.3 Å². The average molecular weight is 288 g/mol. The van der Waals surface area contributed by atoms with Crippen molar-refractivity contribution in [2.75, 3.05) is 18.4 Å². The van der Waals surface area contributed by atoms with Crippen LogP contribution in [0.25, 0.3) is 0 Å². The first-order valence-electron chi connectivity index (χ1n) is 7.21. The molecule has 0 bridgehead atoms. The Balaban J connectivity index is 1.84. The predicted molar refractivity (Wildman–Crippen MR) is 79.2 cm³/mol. The van der Waals surface area contributed by atoms with Crippen LogP contribution in [0.15, 0.2) is 24.3 Å². The number of likely N-dealkylation sites (tertiary alicyclic amines) is 1. The molecular weight excluding hydrogens is 268 g/mol. The average Bonchev–Trinajstić information content (AvgIpc) is 2.93. The monoisotopic (exact) mass is 288 g/mol. The predicted octanol–water partition coefficient (Wildman–Crippen LogP) is 2.52. The van der Waals surface area contributed by atoms with Crippen molar-refractivity contribution < 1.29 is 14.3 Å². The minimum Gasteiger partial charge on any atom is -0.444 e. The molecule has 2 aliphatic heterocycles. The third kappa shape index (κ3) is 2.26. The summed E-state index contributed by atoms with van der Waals surface area (Å²) in [6.07, 6.45) is 0.284. The van der Waals surface area contributed by atoms with Crippen LogP contribution in [-0.2, 0) is 14.9 Å². The van der Waals surface area contributed by atoms with Crippen LogP contribution in [0.5, 0.6) is 0 Å². The molecule has 1 saturated heterocycles. The molecule has 2 heterocycles. The lowest BCUT2D eigenvalue weighted by molar-refractivity contribution is -0.120. The molecule has 5 heteroatoms. The third-order valence-electron chi connectivity index (χ3n) is 4.05. The van der Waals surface area contributed by atoms with Gasteiger partial charge in [0.15, 0.2) is 0 Å². The summed E-state index contributed by atoms with van der Waals surface area (Å²) in [5, 5.41) is 2.92. The molecule has 1 spiro atoms. The van der Waals surface area contributed by atoms with Crippen LogP contribution >= 0.6 is 0 Å². The van der Waals surface area contributed by atoms with E-state index >= 15 is 0 Å². The van der Waals surface area contributed by atoms with Crippen molar-refractivity contribution in [1.29, 1.82) is 0 Å². The zero-order valence-corrected chi connectivity index (χ0v) is 12.6. The van der Waals surface area contributed by atoms with Gasteiger partial charge in [0.05, 0.1) is 5.41 Å². The van der Waals surface area contributed by atoms with E-state index < -0.39 is 11.0 Å². The van der Waals surface area contributed by atoms with Gasteiger partial charge in [0.1, 0.15) is 5.60 Å². The van der Waals surface area contributed by atoms with Gasteiger partial charge in [-0.3, -0.25) is 4.79 Å². The lowest BCUT2D eigenvalue weighted by atomic mass is 9.81. The molecule has 2 amide bonds. The van der Waals surface area contributed by atoms with E-state index in [2.05, 4.69) is 5.32 Å². The lowest BCUT2D eigenvalue weighted by Crippen LogP contribution is -2.41. The topological polar surface area (TPSA) is 58.6 Å². The van der Waals surface area contributed by atoms with Crippen molar-refractivity contribution in [3.8, 4) is 0 Å². The summed E-state index contributed by atoms with van der Waals surface area (Å²) in [5.74, 6) is -0.0187. The maximum absolute atomic E-state index is 12.4. The first kappa shape index (κ1) is 13.9. The van der Waals surface area contributed by atoms with Gasteiger partial charge in [-0.05, 0) is 38.8 Å². The van der Waals surface area contributed by atoms with Crippen LogP contribution in [0.1, 0.15) is 32.8 Å². The van der Waals surface area contributed by atoms with E-state index in [9.17, 15) is 9.59 Å². The largest absolute Gasteiger partial charge is 0.444 e. The van der Waals surface area contributed by atoms with Crippen LogP contribution < -0.4 is 5.32 Å². The van der Waals surface area contributed by atoms with Crippen molar-refractivity contribution in [3.05, 3.63) is 29.8 Å². The SMILES string of the molecule is CC(C)(C)OC(=O)N1CC[C@@]2(C1)C(=O)Nc1ccccc12. The number of carbonyl (C=O) groups is 2. The van der Waals surface area contributed by atoms with E-state index in [0.29, 0.717) is 19.5 Å². The second-order valence-electron chi connectivity index (χ2n) is 6.73. The highest BCUT2D eigenvalue weighted by Crippen LogP contribution is 2.44. The van der Waals surface area contributed by atoms with Crippen LogP contribution in [0, 0.1) is 0 Å². The molecule has 5 nitrogen and oxygen atoms in total. The highest BCUT2D eigenvalue weighted by molar-refractivity contribution is 6.07. The highest BCUT2D eigenvalue weighted by Gasteiger charge is 2.52. The number of anilines is 1. The Hall–Kier alpha value is -2.04. The summed E-state index contributed by atoms with van der Waals surface area (Å²) < 4.78 is 5.40. The second kappa shape index (κ2) is 4.48. The highest BCUT2D eigenvalue weighted by atomic mass is 16.6. The summed E-state index contributed by atoms with van der Waals surface area (Å²) >= 11 is 0. The van der Waals surface area contributed by atoms with E-state index in [-0.39, 0.29) is 12.0 Å². The van der Waals surface area contributed by atoms with Crippen molar-refractivity contribution >= 4 is 17.7 Å². The van der Waals surface area contributed by atoms with Crippen molar-refractivity contribution in [2.45, 2.75) is 38.2 Å². The summed E-state index contributed by atoms with van der Waals surface area (Å²) in [6.45, 7) is 6.44. The van der Waals surface area contributed by atoms with Gasteiger partial charge in [0.2, 0.25) is 5.91 Å². The molecule has 3 rings (SSSR count). The zero-order chi connectivity index (χ0) is 15.3. The number of hydrogen-bond donors (Lipinski definition) is 1. The molecule has 0 radical (unpaired) electrons. The van der Waals surface area contributed by atoms with E-state index in [1.165, 1.54) is 0 Å². The van der Waals surface area contributed by atoms with Crippen LogP contribution in [0.3, 0.4) is 0 Å². The number of fused-ring (bicyclic) bond motifs is 2. The molecule has 1 aromatic rings. The number of hydrogen-bond acceptors (Lipinski definition) is 3. The molecule has 2 aliphatic rings. The quantitative estimate of drug-likeness (QED) is 0.798. The number of rotatable bonds is 0. The molecule has 0 aliphatic carbocycles. The van der Waals surface area contributed by atoms with Gasteiger partial charge < -0.3 is 15.0 Å². The first-order valence-corrected chi connectivity index (χ1v) is 7.21. The molecule has 112 valence electrons. The lowest BCUT2D eigenvalue weighted by Gasteiger charge is -2.26. The first-order chi connectivity index (χ1) is 9.82. The maximum Gasteiger partial charge on any atom is 0.410 e. The van der Waals surface area contributed by atoms with Crippen LogP contribution in [0.4, 0.5) is 10.5 Å².